The molecule has 0 saturated heterocycles. The molecule has 0 fully saturated rings. The first-order valence-corrected chi connectivity index (χ1v) is 8.88. The molecule has 4 nitrogen and oxygen atoms in total. The molecule has 1 heterocycles. The van der Waals surface area contributed by atoms with Crippen LogP contribution in [-0.2, 0) is 16.0 Å². The van der Waals surface area contributed by atoms with Crippen LogP contribution in [0.15, 0.2) is 59.2 Å². The second-order valence-corrected chi connectivity index (χ2v) is 6.78. The molecule has 0 spiro atoms. The van der Waals surface area contributed by atoms with Crippen molar-refractivity contribution < 1.29 is 14.3 Å². The maximum Gasteiger partial charge on any atom is 0.306 e. The van der Waals surface area contributed by atoms with Gasteiger partial charge >= 0.3 is 5.97 Å². The van der Waals surface area contributed by atoms with Crippen molar-refractivity contribution in [3.8, 4) is 0 Å². The molecule has 3 aromatic rings. The molecule has 0 unspecified atom stereocenters. The zero-order chi connectivity index (χ0) is 17.8. The number of esters is 1. The number of benzene rings is 2. The first-order chi connectivity index (χ1) is 12.0. The minimum Gasteiger partial charge on any atom is -0.454 e. The smallest absolute Gasteiger partial charge is 0.306 e. The summed E-state index contributed by atoms with van der Waals surface area (Å²) in [6.07, 6.45) is 1.92. The van der Waals surface area contributed by atoms with E-state index >= 15 is 0 Å². The van der Waals surface area contributed by atoms with E-state index in [-0.39, 0.29) is 18.2 Å². The Bertz CT molecular complexity index is 899. The molecule has 0 saturated carbocycles. The van der Waals surface area contributed by atoms with E-state index in [2.05, 4.69) is 20.9 Å². The highest BCUT2D eigenvalue weighted by Crippen LogP contribution is 2.19. The van der Waals surface area contributed by atoms with E-state index in [0.717, 1.165) is 20.9 Å². The Labute approximate surface area is 154 Å². The summed E-state index contributed by atoms with van der Waals surface area (Å²) in [5.74, 6) is -0.573. The Kier molecular flexibility index (Phi) is 5.34. The number of aryl methyl sites for hydroxylation is 1. The van der Waals surface area contributed by atoms with Gasteiger partial charge in [-0.15, -0.1) is 0 Å². The van der Waals surface area contributed by atoms with Crippen molar-refractivity contribution in [1.82, 2.24) is 4.98 Å². The molecule has 1 atom stereocenters. The lowest BCUT2D eigenvalue weighted by Gasteiger charge is -2.12. The van der Waals surface area contributed by atoms with Gasteiger partial charge in [0.25, 0.3) is 0 Å². The molecule has 0 amide bonds. The Morgan fingerprint density at radius 1 is 1.12 bits per heavy atom. The SMILES string of the molecule is C[C@@H](OC(=O)CCc1c[nH]c2ccccc12)C(=O)c1ccc(Br)cc1. The maximum absolute atomic E-state index is 12.3. The highest BCUT2D eigenvalue weighted by atomic mass is 79.9. The summed E-state index contributed by atoms with van der Waals surface area (Å²) in [4.78, 5) is 27.6. The van der Waals surface area contributed by atoms with E-state index in [0.29, 0.717) is 12.0 Å². The summed E-state index contributed by atoms with van der Waals surface area (Å²) < 4.78 is 6.19. The number of ketones is 1. The number of H-pyrrole nitrogens is 1. The second-order valence-electron chi connectivity index (χ2n) is 5.86. The van der Waals surface area contributed by atoms with Crippen molar-refractivity contribution in [1.29, 1.82) is 0 Å². The summed E-state index contributed by atoms with van der Waals surface area (Å²) in [5.41, 5.74) is 2.64. The van der Waals surface area contributed by atoms with Gasteiger partial charge in [-0.05, 0) is 37.1 Å². The van der Waals surface area contributed by atoms with Crippen molar-refractivity contribution in [2.24, 2.45) is 0 Å². The quantitative estimate of drug-likeness (QED) is 0.483. The molecule has 3 rings (SSSR count). The van der Waals surface area contributed by atoms with Gasteiger partial charge in [0.2, 0.25) is 5.78 Å². The second kappa shape index (κ2) is 7.66. The topological polar surface area (TPSA) is 59.2 Å². The van der Waals surface area contributed by atoms with Crippen LogP contribution >= 0.6 is 15.9 Å². The molecule has 0 aliphatic carbocycles. The number of carbonyl (C=O) groups is 2. The van der Waals surface area contributed by atoms with Gasteiger partial charge in [-0.3, -0.25) is 9.59 Å². The number of carbonyl (C=O) groups excluding carboxylic acids is 2. The summed E-state index contributed by atoms with van der Waals surface area (Å²) in [6, 6.07) is 15.0. The third kappa shape index (κ3) is 4.17. The van der Waals surface area contributed by atoms with Crippen LogP contribution in [0.1, 0.15) is 29.3 Å². The number of ether oxygens (including phenoxy) is 1. The Hall–Kier alpha value is -2.40. The fourth-order valence-corrected chi connectivity index (χ4v) is 3.00. The lowest BCUT2D eigenvalue weighted by molar-refractivity contribution is -0.146. The van der Waals surface area contributed by atoms with Gasteiger partial charge in [-0.1, -0.05) is 46.3 Å². The molecule has 1 aromatic heterocycles. The van der Waals surface area contributed by atoms with E-state index in [4.69, 9.17) is 4.74 Å². The van der Waals surface area contributed by atoms with E-state index in [1.54, 1.807) is 31.2 Å². The third-order valence-corrected chi connectivity index (χ3v) is 4.61. The van der Waals surface area contributed by atoms with Crippen LogP contribution < -0.4 is 0 Å². The number of Topliss-reactive ketones (excluding diaryl/α,β-unsaturated/α-hetero) is 1. The minimum absolute atomic E-state index is 0.201. The van der Waals surface area contributed by atoms with E-state index < -0.39 is 6.10 Å². The molecule has 25 heavy (non-hydrogen) atoms. The molecule has 5 heteroatoms. The standard InChI is InChI=1S/C20H18BrNO3/c1-13(20(24)14-6-9-16(21)10-7-14)25-19(23)11-8-15-12-22-18-5-3-2-4-17(15)18/h2-7,9-10,12-13,22H,8,11H2,1H3/t13-/m1/s1. The number of hydrogen-bond acceptors (Lipinski definition) is 3. The number of aromatic nitrogens is 1. The maximum atomic E-state index is 12.3. The molecule has 1 N–H and O–H groups in total. The van der Waals surface area contributed by atoms with E-state index in [1.165, 1.54) is 0 Å². The summed E-state index contributed by atoms with van der Waals surface area (Å²) in [6.45, 7) is 1.61. The van der Waals surface area contributed by atoms with E-state index in [9.17, 15) is 9.59 Å². The average molecular weight is 400 g/mol. The van der Waals surface area contributed by atoms with Crippen LogP contribution in [0, 0.1) is 0 Å². The minimum atomic E-state index is -0.795. The van der Waals surface area contributed by atoms with Crippen LogP contribution in [0.25, 0.3) is 10.9 Å². The fourth-order valence-electron chi connectivity index (χ4n) is 2.73. The van der Waals surface area contributed by atoms with Gasteiger partial charge in [-0.25, -0.2) is 0 Å². The fraction of sp³-hybridized carbons (Fsp3) is 0.200. The number of fused-ring (bicyclic) bond motifs is 1. The number of halogens is 1. The molecule has 0 aliphatic rings. The number of nitrogens with one attached hydrogen (secondary N) is 1. The summed E-state index contributed by atoms with van der Waals surface area (Å²) in [7, 11) is 0. The normalized spacial score (nSPS) is 12.1. The third-order valence-electron chi connectivity index (χ3n) is 4.08. The predicted octanol–water partition coefficient (Wildman–Crippen LogP) is 4.68. The first kappa shape index (κ1) is 17.4. The zero-order valence-corrected chi connectivity index (χ0v) is 15.4. The van der Waals surface area contributed by atoms with Crippen LogP contribution in [0.3, 0.4) is 0 Å². The monoisotopic (exact) mass is 399 g/mol. The highest BCUT2D eigenvalue weighted by molar-refractivity contribution is 9.10. The average Bonchev–Trinajstić information content (AvgIpc) is 3.03. The molecular formula is C20H18BrNO3. The van der Waals surface area contributed by atoms with Gasteiger partial charge in [0.1, 0.15) is 0 Å². The van der Waals surface area contributed by atoms with Gasteiger partial charge in [0, 0.05) is 33.6 Å². The number of rotatable bonds is 6. The Morgan fingerprint density at radius 2 is 1.84 bits per heavy atom. The van der Waals surface area contributed by atoms with E-state index in [1.807, 2.05) is 30.5 Å². The van der Waals surface area contributed by atoms with Crippen LogP contribution in [0.5, 0.6) is 0 Å². The van der Waals surface area contributed by atoms with Crippen molar-refractivity contribution in [2.75, 3.05) is 0 Å². The van der Waals surface area contributed by atoms with Gasteiger partial charge in [0.15, 0.2) is 6.10 Å². The Balaban J connectivity index is 1.56. The van der Waals surface area contributed by atoms with Gasteiger partial charge in [0.05, 0.1) is 0 Å². The summed E-state index contributed by atoms with van der Waals surface area (Å²) in [5, 5.41) is 1.11. The van der Waals surface area contributed by atoms with Crippen molar-refractivity contribution in [2.45, 2.75) is 25.9 Å². The molecular weight excluding hydrogens is 382 g/mol. The molecule has 128 valence electrons. The van der Waals surface area contributed by atoms with Crippen LogP contribution in [-0.4, -0.2) is 22.8 Å². The van der Waals surface area contributed by atoms with Gasteiger partial charge in [-0.2, -0.15) is 0 Å². The number of hydrogen-bond donors (Lipinski definition) is 1. The van der Waals surface area contributed by atoms with Crippen LogP contribution in [0.2, 0.25) is 0 Å². The van der Waals surface area contributed by atoms with Crippen molar-refractivity contribution in [3.63, 3.8) is 0 Å². The first-order valence-electron chi connectivity index (χ1n) is 8.09. The van der Waals surface area contributed by atoms with Gasteiger partial charge < -0.3 is 9.72 Å². The molecule has 0 bridgehead atoms. The zero-order valence-electron chi connectivity index (χ0n) is 13.8. The number of para-hydroxylation sites is 1. The lowest BCUT2D eigenvalue weighted by Crippen LogP contribution is -2.24. The highest BCUT2D eigenvalue weighted by Gasteiger charge is 2.19. The molecule has 0 aliphatic heterocycles. The summed E-state index contributed by atoms with van der Waals surface area (Å²) >= 11 is 3.33. The number of aromatic amines is 1. The largest absolute Gasteiger partial charge is 0.454 e. The molecule has 2 aromatic carbocycles. The lowest BCUT2D eigenvalue weighted by atomic mass is 10.1. The molecule has 0 radical (unpaired) electrons. The predicted molar refractivity (Wildman–Crippen MR) is 101 cm³/mol. The van der Waals surface area contributed by atoms with Crippen LogP contribution in [0.4, 0.5) is 0 Å². The Morgan fingerprint density at radius 3 is 2.60 bits per heavy atom. The van der Waals surface area contributed by atoms with Crippen molar-refractivity contribution in [3.05, 3.63) is 70.3 Å². The van der Waals surface area contributed by atoms with Crippen molar-refractivity contribution >= 4 is 38.6 Å².